The molecule has 0 unspecified atom stereocenters. The van der Waals surface area contributed by atoms with Crippen LogP contribution in [0.5, 0.6) is 0 Å². The third-order valence-corrected chi connectivity index (χ3v) is 1.47. The number of ether oxygens (including phenoxy) is 1. The van der Waals surface area contributed by atoms with Gasteiger partial charge in [0.1, 0.15) is 0 Å². The van der Waals surface area contributed by atoms with Crippen LogP contribution in [0.3, 0.4) is 0 Å². The number of benzene rings is 1. The van der Waals surface area contributed by atoms with Crippen LogP contribution in [0, 0.1) is 0 Å². The van der Waals surface area contributed by atoms with Gasteiger partial charge in [-0.05, 0) is 18.2 Å². The summed E-state index contributed by atoms with van der Waals surface area (Å²) in [6, 6.07) is 5.37. The van der Waals surface area contributed by atoms with Crippen molar-refractivity contribution >= 4 is 48.6 Å². The molecule has 3 nitrogen and oxygen atoms in total. The highest BCUT2D eigenvalue weighted by Crippen LogP contribution is 2.15. The molecular weight excluding hydrogens is 246 g/mol. The fourth-order valence-electron chi connectivity index (χ4n) is 0.906. The molecule has 0 radical (unpaired) electrons. The van der Waals surface area contributed by atoms with Gasteiger partial charge in [-0.1, -0.05) is 0 Å². The fraction of sp³-hybridized carbons (Fsp3) is 0.250. The maximum Gasteiger partial charge on any atom is 0.0733 e. The number of halogens is 3. The first-order valence-corrected chi connectivity index (χ1v) is 3.37. The molecule has 14 heavy (non-hydrogen) atoms. The lowest BCUT2D eigenvalue weighted by molar-refractivity contribution is 0.185. The Bertz CT molecular complexity index is 258. The van der Waals surface area contributed by atoms with Crippen molar-refractivity contribution in [3.8, 4) is 0 Å². The standard InChI is InChI=1S/C8H12N2O.3ClH/c1-11-5-6-4-7(9)2-3-8(6)10;;;/h2-4H,5,9-10H2,1H3;3*1H. The molecule has 6 heteroatoms. The van der Waals surface area contributed by atoms with E-state index in [1.807, 2.05) is 6.07 Å². The van der Waals surface area contributed by atoms with Crippen LogP contribution in [0.25, 0.3) is 0 Å². The molecule has 0 aliphatic rings. The number of anilines is 2. The molecule has 0 heterocycles. The molecule has 1 aromatic carbocycles. The predicted molar refractivity (Wildman–Crippen MR) is 67.7 cm³/mol. The van der Waals surface area contributed by atoms with E-state index < -0.39 is 0 Å². The third-order valence-electron chi connectivity index (χ3n) is 1.47. The molecule has 0 saturated heterocycles. The number of methoxy groups -OCH3 is 1. The topological polar surface area (TPSA) is 61.3 Å². The summed E-state index contributed by atoms with van der Waals surface area (Å²) < 4.78 is 4.93. The number of rotatable bonds is 2. The van der Waals surface area contributed by atoms with Gasteiger partial charge in [-0.15, -0.1) is 37.2 Å². The van der Waals surface area contributed by atoms with E-state index in [4.69, 9.17) is 16.2 Å². The van der Waals surface area contributed by atoms with E-state index >= 15 is 0 Å². The second-order valence-corrected chi connectivity index (χ2v) is 2.39. The van der Waals surface area contributed by atoms with Gasteiger partial charge in [0.2, 0.25) is 0 Å². The van der Waals surface area contributed by atoms with Gasteiger partial charge in [0, 0.05) is 24.0 Å². The molecule has 0 amide bonds. The highest BCUT2D eigenvalue weighted by molar-refractivity contribution is 5.86. The van der Waals surface area contributed by atoms with E-state index in [1.165, 1.54) is 0 Å². The third kappa shape index (κ3) is 5.40. The van der Waals surface area contributed by atoms with E-state index in [2.05, 4.69) is 0 Å². The molecule has 0 spiro atoms. The highest BCUT2D eigenvalue weighted by atomic mass is 35.5. The first kappa shape index (κ1) is 19.3. The average molecular weight is 262 g/mol. The summed E-state index contributed by atoms with van der Waals surface area (Å²) in [4.78, 5) is 0. The van der Waals surface area contributed by atoms with E-state index in [0.29, 0.717) is 12.3 Å². The molecule has 0 bridgehead atoms. The highest BCUT2D eigenvalue weighted by Gasteiger charge is 1.97. The summed E-state index contributed by atoms with van der Waals surface area (Å²) in [6.45, 7) is 0.511. The molecule has 1 rings (SSSR count). The second kappa shape index (κ2) is 9.21. The molecule has 0 atom stereocenters. The lowest BCUT2D eigenvalue weighted by Gasteiger charge is -2.04. The summed E-state index contributed by atoms with van der Waals surface area (Å²) in [5, 5.41) is 0. The molecule has 0 saturated carbocycles. The van der Waals surface area contributed by atoms with Crippen molar-refractivity contribution in [2.45, 2.75) is 6.61 Å². The Morgan fingerprint density at radius 1 is 1.14 bits per heavy atom. The molecule has 4 N–H and O–H groups in total. The summed E-state index contributed by atoms with van der Waals surface area (Å²) in [5.41, 5.74) is 13.6. The predicted octanol–water partition coefficient (Wildman–Crippen LogP) is 2.26. The van der Waals surface area contributed by atoms with Crippen LogP contribution in [-0.4, -0.2) is 7.11 Å². The quantitative estimate of drug-likeness (QED) is 0.803. The van der Waals surface area contributed by atoms with Crippen molar-refractivity contribution < 1.29 is 4.74 Å². The summed E-state index contributed by atoms with van der Waals surface area (Å²) in [5.74, 6) is 0. The van der Waals surface area contributed by atoms with Crippen LogP contribution in [0.1, 0.15) is 5.56 Å². The van der Waals surface area contributed by atoms with Crippen LogP contribution in [-0.2, 0) is 11.3 Å². The van der Waals surface area contributed by atoms with Crippen molar-refractivity contribution in [2.75, 3.05) is 18.6 Å². The maximum atomic E-state index is 5.64. The molecule has 84 valence electrons. The molecule has 0 aliphatic carbocycles. The number of nitrogens with two attached hydrogens (primary N) is 2. The average Bonchev–Trinajstić information content (AvgIpc) is 1.98. The molecule has 1 aromatic rings. The lowest BCUT2D eigenvalue weighted by Crippen LogP contribution is -1.97. The van der Waals surface area contributed by atoms with Crippen LogP contribution < -0.4 is 11.5 Å². The summed E-state index contributed by atoms with van der Waals surface area (Å²) in [6.07, 6.45) is 0. The van der Waals surface area contributed by atoms with Crippen molar-refractivity contribution in [1.82, 2.24) is 0 Å². The first-order valence-electron chi connectivity index (χ1n) is 3.37. The Balaban J connectivity index is -0.000000403. The van der Waals surface area contributed by atoms with Gasteiger partial charge in [-0.25, -0.2) is 0 Å². The largest absolute Gasteiger partial charge is 0.399 e. The van der Waals surface area contributed by atoms with Gasteiger partial charge >= 0.3 is 0 Å². The van der Waals surface area contributed by atoms with Crippen molar-refractivity contribution in [2.24, 2.45) is 0 Å². The number of nitrogen functional groups attached to an aromatic ring is 2. The zero-order valence-corrected chi connectivity index (χ0v) is 10.2. The smallest absolute Gasteiger partial charge is 0.0733 e. The molecule has 0 fully saturated rings. The van der Waals surface area contributed by atoms with Gasteiger partial charge in [0.15, 0.2) is 0 Å². The van der Waals surface area contributed by atoms with E-state index in [1.54, 1.807) is 19.2 Å². The van der Waals surface area contributed by atoms with Crippen molar-refractivity contribution in [1.29, 1.82) is 0 Å². The van der Waals surface area contributed by atoms with Crippen molar-refractivity contribution in [3.05, 3.63) is 23.8 Å². The Labute approximate surface area is 102 Å². The Morgan fingerprint density at radius 3 is 2.21 bits per heavy atom. The zero-order valence-electron chi connectivity index (χ0n) is 7.73. The minimum atomic E-state index is 0. The Morgan fingerprint density at radius 2 is 1.71 bits per heavy atom. The van der Waals surface area contributed by atoms with E-state index in [9.17, 15) is 0 Å². The van der Waals surface area contributed by atoms with E-state index in [-0.39, 0.29) is 37.2 Å². The van der Waals surface area contributed by atoms with Crippen LogP contribution in [0.15, 0.2) is 18.2 Å². The van der Waals surface area contributed by atoms with Gasteiger partial charge in [0.25, 0.3) is 0 Å². The van der Waals surface area contributed by atoms with Gasteiger partial charge < -0.3 is 16.2 Å². The molecule has 0 aliphatic heterocycles. The van der Waals surface area contributed by atoms with Crippen LogP contribution in [0.4, 0.5) is 11.4 Å². The molecule has 0 aromatic heterocycles. The Kier molecular flexibility index (Phi) is 12.7. The summed E-state index contributed by atoms with van der Waals surface area (Å²) >= 11 is 0. The Hall–Kier alpha value is -0.350. The monoisotopic (exact) mass is 260 g/mol. The van der Waals surface area contributed by atoms with Crippen LogP contribution >= 0.6 is 37.2 Å². The number of hydrogen-bond acceptors (Lipinski definition) is 3. The zero-order chi connectivity index (χ0) is 8.27. The van der Waals surface area contributed by atoms with Gasteiger partial charge in [-0.2, -0.15) is 0 Å². The summed E-state index contributed by atoms with van der Waals surface area (Å²) in [7, 11) is 1.63. The number of hydrogen-bond donors (Lipinski definition) is 2. The SMILES string of the molecule is COCc1cc(N)ccc1N.Cl.Cl.Cl. The van der Waals surface area contributed by atoms with Crippen LogP contribution in [0.2, 0.25) is 0 Å². The van der Waals surface area contributed by atoms with Gasteiger partial charge in [-0.3, -0.25) is 0 Å². The van der Waals surface area contributed by atoms with E-state index in [0.717, 1.165) is 11.3 Å². The van der Waals surface area contributed by atoms with Crippen molar-refractivity contribution in [3.63, 3.8) is 0 Å². The normalized spacial score (nSPS) is 7.79. The fourth-order valence-corrected chi connectivity index (χ4v) is 0.906. The lowest BCUT2D eigenvalue weighted by atomic mass is 10.2. The maximum absolute atomic E-state index is 5.64. The minimum absolute atomic E-state index is 0. The second-order valence-electron chi connectivity index (χ2n) is 2.39. The molecular formula is C8H15Cl3N2O. The minimum Gasteiger partial charge on any atom is -0.399 e. The first-order chi connectivity index (χ1) is 5.24. The van der Waals surface area contributed by atoms with Gasteiger partial charge in [0.05, 0.1) is 6.61 Å².